The van der Waals surface area contributed by atoms with Gasteiger partial charge >= 0.3 is 0 Å². The number of ketones is 1. The van der Waals surface area contributed by atoms with Crippen LogP contribution >= 0.6 is 12.2 Å². The highest BCUT2D eigenvalue weighted by Gasteiger charge is 2.22. The third kappa shape index (κ3) is 3.32. The van der Waals surface area contributed by atoms with Crippen LogP contribution in [0.15, 0.2) is 23.2 Å². The van der Waals surface area contributed by atoms with Gasteiger partial charge in [0.15, 0.2) is 5.78 Å². The molecule has 0 aliphatic carbocycles. The molecule has 0 saturated heterocycles. The monoisotopic (exact) mass is 247 g/mol. The normalized spacial score (nSPS) is 12.1. The number of carbonyl (C=O) groups is 1. The summed E-state index contributed by atoms with van der Waals surface area (Å²) in [7, 11) is 0. The first kappa shape index (κ1) is 13.8. The maximum Gasteiger partial charge on any atom is 0.188 e. The Kier molecular flexibility index (Phi) is 4.73. The zero-order valence-electron chi connectivity index (χ0n) is 10.7. The summed E-state index contributed by atoms with van der Waals surface area (Å²) in [6, 6.07) is 5.29. The molecule has 0 N–H and O–H groups in total. The average molecular weight is 247 g/mol. The Morgan fingerprint density at radius 2 is 1.94 bits per heavy atom. The fraction of sp³-hybridized carbons (Fsp3) is 0.429. The predicted molar refractivity (Wildman–Crippen MR) is 73.9 cm³/mol. The molecule has 0 fully saturated rings. The van der Waals surface area contributed by atoms with Crippen molar-refractivity contribution in [2.24, 2.45) is 10.9 Å². The van der Waals surface area contributed by atoms with Crippen LogP contribution in [0.2, 0.25) is 0 Å². The Morgan fingerprint density at radius 3 is 2.41 bits per heavy atom. The molecule has 0 radical (unpaired) electrons. The lowest BCUT2D eigenvalue weighted by molar-refractivity contribution is 0.0942. The van der Waals surface area contributed by atoms with E-state index in [-0.39, 0.29) is 11.7 Å². The second kappa shape index (κ2) is 5.85. The molecular formula is C14H17NOS. The van der Waals surface area contributed by atoms with Crippen LogP contribution in [0.25, 0.3) is 0 Å². The van der Waals surface area contributed by atoms with Crippen molar-refractivity contribution in [2.75, 3.05) is 0 Å². The second-order valence-corrected chi connectivity index (χ2v) is 4.76. The predicted octanol–water partition coefficient (Wildman–Crippen LogP) is 3.61. The first-order valence-corrected chi connectivity index (χ1v) is 6.06. The minimum absolute atomic E-state index is 0.0143. The number of aryl methyl sites for hydroxylation is 2. The number of nitrogens with zero attached hydrogens (tertiary/aromatic N) is 1. The second-order valence-electron chi connectivity index (χ2n) is 4.57. The first-order chi connectivity index (χ1) is 7.97. The standard InChI is InChI=1S/C14H17NOS/c1-9(2)13(15-8-17)14(16)12-6-5-10(3)11(4)7-12/h5-7,9,13H,1-4H3. The van der Waals surface area contributed by atoms with Crippen molar-refractivity contribution in [3.05, 3.63) is 34.9 Å². The molecule has 0 amide bonds. The highest BCUT2D eigenvalue weighted by molar-refractivity contribution is 7.78. The molecule has 1 unspecified atom stereocenters. The number of Topliss-reactive ketones (excluding diaryl/α,β-unsaturated/α-hetero) is 1. The SMILES string of the molecule is Cc1ccc(C(=O)C(N=C=S)C(C)C)cc1C. The van der Waals surface area contributed by atoms with Gasteiger partial charge in [-0.25, -0.2) is 4.99 Å². The maximum atomic E-state index is 12.3. The molecule has 2 nitrogen and oxygen atoms in total. The number of aliphatic imine (C=N–C) groups is 1. The molecule has 1 aromatic rings. The van der Waals surface area contributed by atoms with Crippen LogP contribution < -0.4 is 0 Å². The molecule has 0 saturated carbocycles. The van der Waals surface area contributed by atoms with E-state index < -0.39 is 6.04 Å². The minimum atomic E-state index is -0.422. The van der Waals surface area contributed by atoms with Gasteiger partial charge in [-0.3, -0.25) is 4.79 Å². The lowest BCUT2D eigenvalue weighted by Gasteiger charge is -2.14. The van der Waals surface area contributed by atoms with E-state index in [0.717, 1.165) is 5.56 Å². The maximum absolute atomic E-state index is 12.3. The average Bonchev–Trinajstić information content (AvgIpc) is 2.28. The Hall–Kier alpha value is -1.31. The van der Waals surface area contributed by atoms with Gasteiger partial charge in [0, 0.05) is 5.56 Å². The molecule has 1 atom stereocenters. The van der Waals surface area contributed by atoms with E-state index in [4.69, 9.17) is 0 Å². The summed E-state index contributed by atoms with van der Waals surface area (Å²) in [5, 5.41) is 2.31. The van der Waals surface area contributed by atoms with Crippen LogP contribution in [0.5, 0.6) is 0 Å². The molecule has 1 rings (SSSR count). The van der Waals surface area contributed by atoms with Crippen molar-refractivity contribution in [2.45, 2.75) is 33.7 Å². The summed E-state index contributed by atoms with van der Waals surface area (Å²) in [6.07, 6.45) is 0. The highest BCUT2D eigenvalue weighted by atomic mass is 32.1. The molecule has 3 heteroatoms. The minimum Gasteiger partial charge on any atom is -0.292 e. The number of isothiocyanates is 1. The fourth-order valence-corrected chi connectivity index (χ4v) is 1.75. The van der Waals surface area contributed by atoms with Gasteiger partial charge in [0.1, 0.15) is 6.04 Å². The van der Waals surface area contributed by atoms with Gasteiger partial charge in [0.25, 0.3) is 0 Å². The van der Waals surface area contributed by atoms with E-state index in [2.05, 4.69) is 22.4 Å². The highest BCUT2D eigenvalue weighted by Crippen LogP contribution is 2.16. The molecule has 0 aromatic heterocycles. The number of hydrogen-bond acceptors (Lipinski definition) is 3. The smallest absolute Gasteiger partial charge is 0.188 e. The number of benzene rings is 1. The Morgan fingerprint density at radius 1 is 1.29 bits per heavy atom. The number of carbonyl (C=O) groups excluding carboxylic acids is 1. The third-order valence-electron chi connectivity index (χ3n) is 2.88. The molecule has 90 valence electrons. The molecular weight excluding hydrogens is 230 g/mol. The fourth-order valence-electron chi connectivity index (χ4n) is 1.63. The van der Waals surface area contributed by atoms with Gasteiger partial charge in [0.2, 0.25) is 0 Å². The summed E-state index contributed by atoms with van der Waals surface area (Å²) >= 11 is 4.59. The molecule has 1 aromatic carbocycles. The van der Waals surface area contributed by atoms with Crippen LogP contribution in [-0.4, -0.2) is 17.0 Å². The lowest BCUT2D eigenvalue weighted by atomic mass is 9.94. The first-order valence-electron chi connectivity index (χ1n) is 5.65. The van der Waals surface area contributed by atoms with Crippen molar-refractivity contribution in [1.29, 1.82) is 0 Å². The van der Waals surface area contributed by atoms with Crippen molar-refractivity contribution >= 4 is 23.2 Å². The number of thiocarbonyl (C=S) groups is 1. The zero-order chi connectivity index (χ0) is 13.0. The molecule has 0 aliphatic rings. The van der Waals surface area contributed by atoms with Crippen LogP contribution in [0.1, 0.15) is 35.3 Å². The summed E-state index contributed by atoms with van der Waals surface area (Å²) in [4.78, 5) is 16.2. The van der Waals surface area contributed by atoms with Crippen molar-refractivity contribution in [3.63, 3.8) is 0 Å². The van der Waals surface area contributed by atoms with E-state index in [9.17, 15) is 4.79 Å². The van der Waals surface area contributed by atoms with Gasteiger partial charge in [-0.05, 0) is 49.2 Å². The molecule has 0 aliphatic heterocycles. The Labute approximate surface area is 108 Å². The quantitative estimate of drug-likeness (QED) is 0.462. The third-order valence-corrected chi connectivity index (χ3v) is 2.99. The van der Waals surface area contributed by atoms with E-state index >= 15 is 0 Å². The number of rotatable bonds is 4. The van der Waals surface area contributed by atoms with Crippen molar-refractivity contribution in [3.8, 4) is 0 Å². The van der Waals surface area contributed by atoms with E-state index in [1.807, 2.05) is 45.9 Å². The van der Waals surface area contributed by atoms with Crippen LogP contribution in [0.4, 0.5) is 0 Å². The Bertz CT molecular complexity index is 473. The summed E-state index contributed by atoms with van der Waals surface area (Å²) < 4.78 is 0. The van der Waals surface area contributed by atoms with Gasteiger partial charge in [-0.1, -0.05) is 26.0 Å². The largest absolute Gasteiger partial charge is 0.292 e. The lowest BCUT2D eigenvalue weighted by Crippen LogP contribution is -2.24. The zero-order valence-corrected chi connectivity index (χ0v) is 11.5. The van der Waals surface area contributed by atoms with Crippen LogP contribution in [0.3, 0.4) is 0 Å². The molecule has 0 heterocycles. The topological polar surface area (TPSA) is 29.4 Å². The number of hydrogen-bond donors (Lipinski definition) is 0. The Balaban J connectivity index is 3.09. The van der Waals surface area contributed by atoms with E-state index in [1.165, 1.54) is 5.56 Å². The molecule has 0 bridgehead atoms. The van der Waals surface area contributed by atoms with Crippen LogP contribution in [-0.2, 0) is 0 Å². The van der Waals surface area contributed by atoms with E-state index in [1.54, 1.807) is 0 Å². The molecule has 17 heavy (non-hydrogen) atoms. The van der Waals surface area contributed by atoms with Crippen LogP contribution in [0, 0.1) is 19.8 Å². The van der Waals surface area contributed by atoms with E-state index in [0.29, 0.717) is 5.56 Å². The summed E-state index contributed by atoms with van der Waals surface area (Å²) in [5.74, 6) is 0.139. The van der Waals surface area contributed by atoms with Gasteiger partial charge < -0.3 is 0 Å². The van der Waals surface area contributed by atoms with Crippen molar-refractivity contribution < 1.29 is 4.79 Å². The van der Waals surface area contributed by atoms with Crippen molar-refractivity contribution in [1.82, 2.24) is 0 Å². The summed E-state index contributed by atoms with van der Waals surface area (Å²) in [5.41, 5.74) is 2.99. The van der Waals surface area contributed by atoms with Gasteiger partial charge in [-0.15, -0.1) is 0 Å². The van der Waals surface area contributed by atoms with Gasteiger partial charge in [0.05, 0.1) is 5.16 Å². The molecule has 0 spiro atoms. The summed E-state index contributed by atoms with van der Waals surface area (Å²) in [6.45, 7) is 7.94. The van der Waals surface area contributed by atoms with Gasteiger partial charge in [-0.2, -0.15) is 0 Å².